The molecule has 0 radical (unpaired) electrons. The van der Waals surface area contributed by atoms with Crippen LogP contribution in [0, 0.1) is 0 Å². The summed E-state index contributed by atoms with van der Waals surface area (Å²) in [6.07, 6.45) is 4.04. The number of benzene rings is 1. The van der Waals surface area contributed by atoms with Gasteiger partial charge in [0.15, 0.2) is 0 Å². The summed E-state index contributed by atoms with van der Waals surface area (Å²) in [5.74, 6) is 1.51. The Balaban J connectivity index is 1.59. The zero-order valence-corrected chi connectivity index (χ0v) is 15.1. The molecular weight excluding hydrogens is 326 g/mol. The van der Waals surface area contributed by atoms with Crippen LogP contribution in [0.2, 0.25) is 0 Å². The average Bonchev–Trinajstić information content (AvgIpc) is 3.30. The van der Waals surface area contributed by atoms with E-state index in [1.807, 2.05) is 54.9 Å². The van der Waals surface area contributed by atoms with Gasteiger partial charge in [0.1, 0.15) is 11.6 Å². The van der Waals surface area contributed by atoms with Crippen LogP contribution in [-0.4, -0.2) is 33.5 Å². The minimum absolute atomic E-state index is 0.112. The Morgan fingerprint density at radius 3 is 2.69 bits per heavy atom. The Labute approximate surface area is 152 Å². The fraction of sp³-hybridized carbons (Fsp3) is 0.350. The standard InChI is InChI=1S/C20H23N5O/c1-14(18-23-16-9-3-4-10-17(16)24(18)2)22-20(26)15-8-7-11-21-19(15)25-12-5-6-13-25/h3-4,7-11,14H,5-6,12-13H2,1-2H3,(H,22,26)/t14-/m0/s1. The van der Waals surface area contributed by atoms with Crippen molar-refractivity contribution in [1.82, 2.24) is 19.9 Å². The molecule has 4 rings (SSSR count). The first kappa shape index (κ1) is 16.6. The van der Waals surface area contributed by atoms with Gasteiger partial charge in [-0.25, -0.2) is 9.97 Å². The molecule has 3 heterocycles. The maximum Gasteiger partial charge on any atom is 0.255 e. The molecule has 1 aliphatic rings. The minimum Gasteiger partial charge on any atom is -0.356 e. The van der Waals surface area contributed by atoms with Crippen molar-refractivity contribution in [2.24, 2.45) is 7.05 Å². The largest absolute Gasteiger partial charge is 0.356 e. The number of carbonyl (C=O) groups excluding carboxylic acids is 1. The second kappa shape index (κ2) is 6.78. The highest BCUT2D eigenvalue weighted by Crippen LogP contribution is 2.23. The van der Waals surface area contributed by atoms with E-state index in [0.29, 0.717) is 5.56 Å². The van der Waals surface area contributed by atoms with Crippen molar-refractivity contribution < 1.29 is 4.79 Å². The number of hydrogen-bond acceptors (Lipinski definition) is 4. The fourth-order valence-electron chi connectivity index (χ4n) is 3.65. The van der Waals surface area contributed by atoms with Gasteiger partial charge >= 0.3 is 0 Å². The smallest absolute Gasteiger partial charge is 0.255 e. The van der Waals surface area contributed by atoms with E-state index in [0.717, 1.165) is 48.6 Å². The maximum atomic E-state index is 12.9. The van der Waals surface area contributed by atoms with Crippen LogP contribution in [0.15, 0.2) is 42.6 Å². The van der Waals surface area contributed by atoms with E-state index in [-0.39, 0.29) is 11.9 Å². The van der Waals surface area contributed by atoms with Crippen molar-refractivity contribution in [3.05, 3.63) is 54.0 Å². The van der Waals surface area contributed by atoms with Gasteiger partial charge in [-0.3, -0.25) is 4.79 Å². The number of imidazole rings is 1. The fourth-order valence-corrected chi connectivity index (χ4v) is 3.65. The molecule has 0 aliphatic carbocycles. The van der Waals surface area contributed by atoms with Crippen LogP contribution >= 0.6 is 0 Å². The number of para-hydroxylation sites is 2. The molecule has 1 aromatic carbocycles. The van der Waals surface area contributed by atoms with Gasteiger partial charge < -0.3 is 14.8 Å². The topological polar surface area (TPSA) is 63.1 Å². The average molecular weight is 349 g/mol. The number of fused-ring (bicyclic) bond motifs is 1. The van der Waals surface area contributed by atoms with E-state index in [4.69, 9.17) is 0 Å². The zero-order valence-electron chi connectivity index (χ0n) is 15.1. The summed E-state index contributed by atoms with van der Waals surface area (Å²) >= 11 is 0. The highest BCUT2D eigenvalue weighted by molar-refractivity contribution is 5.99. The molecule has 0 bridgehead atoms. The van der Waals surface area contributed by atoms with E-state index in [2.05, 4.69) is 20.2 Å². The highest BCUT2D eigenvalue weighted by atomic mass is 16.1. The second-order valence-electron chi connectivity index (χ2n) is 6.78. The maximum absolute atomic E-state index is 12.9. The molecule has 1 saturated heterocycles. The first-order valence-electron chi connectivity index (χ1n) is 9.07. The number of nitrogens with one attached hydrogen (secondary N) is 1. The van der Waals surface area contributed by atoms with Gasteiger partial charge in [0, 0.05) is 26.3 Å². The molecule has 26 heavy (non-hydrogen) atoms. The van der Waals surface area contributed by atoms with Gasteiger partial charge in [-0.2, -0.15) is 0 Å². The molecule has 3 aromatic rings. The Morgan fingerprint density at radius 2 is 1.92 bits per heavy atom. The normalized spacial score (nSPS) is 15.4. The molecule has 1 amide bonds. The van der Waals surface area contributed by atoms with Crippen molar-refractivity contribution in [1.29, 1.82) is 0 Å². The Morgan fingerprint density at radius 1 is 1.15 bits per heavy atom. The van der Waals surface area contributed by atoms with Crippen LogP contribution in [0.1, 0.15) is 42.0 Å². The lowest BCUT2D eigenvalue weighted by molar-refractivity contribution is 0.0938. The Bertz CT molecular complexity index is 942. The molecule has 6 heteroatoms. The molecule has 2 aromatic heterocycles. The lowest BCUT2D eigenvalue weighted by atomic mass is 10.2. The summed E-state index contributed by atoms with van der Waals surface area (Å²) in [7, 11) is 1.98. The molecule has 1 fully saturated rings. The summed E-state index contributed by atoms with van der Waals surface area (Å²) in [5, 5.41) is 3.09. The quantitative estimate of drug-likeness (QED) is 0.786. The number of pyridine rings is 1. The molecule has 6 nitrogen and oxygen atoms in total. The molecule has 1 atom stereocenters. The third kappa shape index (κ3) is 2.92. The van der Waals surface area contributed by atoms with Gasteiger partial charge in [-0.05, 0) is 44.0 Å². The number of nitrogens with zero attached hydrogens (tertiary/aromatic N) is 4. The number of hydrogen-bond donors (Lipinski definition) is 1. The van der Waals surface area contributed by atoms with E-state index >= 15 is 0 Å². The summed E-state index contributed by atoms with van der Waals surface area (Å²) in [4.78, 5) is 24.2. The Hall–Kier alpha value is -2.89. The van der Waals surface area contributed by atoms with E-state index in [1.165, 1.54) is 0 Å². The monoisotopic (exact) mass is 349 g/mol. The van der Waals surface area contributed by atoms with Gasteiger partial charge in [0.05, 0.1) is 22.6 Å². The number of aromatic nitrogens is 3. The molecule has 1 aliphatic heterocycles. The third-order valence-electron chi connectivity index (χ3n) is 4.99. The first-order chi connectivity index (χ1) is 12.6. The van der Waals surface area contributed by atoms with E-state index in [1.54, 1.807) is 6.20 Å². The van der Waals surface area contributed by atoms with Crippen LogP contribution in [0.25, 0.3) is 11.0 Å². The van der Waals surface area contributed by atoms with Gasteiger partial charge in [-0.1, -0.05) is 12.1 Å². The number of rotatable bonds is 4. The molecular formula is C20H23N5O. The second-order valence-corrected chi connectivity index (χ2v) is 6.78. The molecule has 134 valence electrons. The number of anilines is 1. The summed E-state index contributed by atoms with van der Waals surface area (Å²) in [6.45, 7) is 3.88. The van der Waals surface area contributed by atoms with Crippen LogP contribution in [0.5, 0.6) is 0 Å². The van der Waals surface area contributed by atoms with Crippen molar-refractivity contribution in [3.63, 3.8) is 0 Å². The Kier molecular flexibility index (Phi) is 4.32. The zero-order chi connectivity index (χ0) is 18.1. The van der Waals surface area contributed by atoms with Gasteiger partial charge in [0.2, 0.25) is 0 Å². The van der Waals surface area contributed by atoms with Crippen LogP contribution < -0.4 is 10.2 Å². The van der Waals surface area contributed by atoms with Crippen molar-refractivity contribution in [3.8, 4) is 0 Å². The predicted molar refractivity (Wildman–Crippen MR) is 102 cm³/mol. The van der Waals surface area contributed by atoms with Crippen LogP contribution in [0.3, 0.4) is 0 Å². The van der Waals surface area contributed by atoms with Crippen LogP contribution in [-0.2, 0) is 7.05 Å². The van der Waals surface area contributed by atoms with Crippen molar-refractivity contribution in [2.75, 3.05) is 18.0 Å². The van der Waals surface area contributed by atoms with Gasteiger partial charge in [0.25, 0.3) is 5.91 Å². The van der Waals surface area contributed by atoms with Crippen LogP contribution in [0.4, 0.5) is 5.82 Å². The molecule has 0 unspecified atom stereocenters. The van der Waals surface area contributed by atoms with E-state index < -0.39 is 0 Å². The van der Waals surface area contributed by atoms with Crippen molar-refractivity contribution in [2.45, 2.75) is 25.8 Å². The number of carbonyl (C=O) groups is 1. The third-order valence-corrected chi connectivity index (χ3v) is 4.99. The number of aryl methyl sites for hydroxylation is 1. The summed E-state index contributed by atoms with van der Waals surface area (Å²) < 4.78 is 2.03. The van der Waals surface area contributed by atoms with Gasteiger partial charge in [-0.15, -0.1) is 0 Å². The molecule has 0 saturated carbocycles. The summed E-state index contributed by atoms with van der Waals surface area (Å²) in [6, 6.07) is 11.4. The minimum atomic E-state index is -0.202. The molecule has 1 N–H and O–H groups in total. The van der Waals surface area contributed by atoms with Crippen molar-refractivity contribution >= 4 is 22.8 Å². The van der Waals surface area contributed by atoms with E-state index in [9.17, 15) is 4.79 Å². The number of amides is 1. The highest BCUT2D eigenvalue weighted by Gasteiger charge is 2.23. The lowest BCUT2D eigenvalue weighted by Crippen LogP contribution is -2.31. The predicted octanol–water partition coefficient (Wildman–Crippen LogP) is 3.06. The first-order valence-corrected chi connectivity index (χ1v) is 9.07. The lowest BCUT2D eigenvalue weighted by Gasteiger charge is -2.20. The summed E-state index contributed by atoms with van der Waals surface area (Å²) in [5.41, 5.74) is 2.62. The SMILES string of the molecule is C[C@H](NC(=O)c1cccnc1N1CCCC1)c1nc2ccccc2n1C. The molecule has 0 spiro atoms.